The van der Waals surface area contributed by atoms with Gasteiger partial charge in [0.15, 0.2) is 5.78 Å². The molecule has 1 N–H and O–H groups in total. The molecule has 2 aliphatic rings. The average Bonchev–Trinajstić information content (AvgIpc) is 2.97. The first-order valence-electron chi connectivity index (χ1n) is 8.49. The van der Waals surface area contributed by atoms with Crippen molar-refractivity contribution in [1.82, 2.24) is 5.32 Å². The van der Waals surface area contributed by atoms with Gasteiger partial charge in [-0.15, -0.1) is 0 Å². The van der Waals surface area contributed by atoms with E-state index in [4.69, 9.17) is 0 Å². The Morgan fingerprint density at radius 2 is 1.54 bits per heavy atom. The van der Waals surface area contributed by atoms with Crippen LogP contribution in [0, 0.1) is 5.82 Å². The molecule has 4 rings (SSSR count). The second-order valence-corrected chi connectivity index (χ2v) is 6.81. The first-order valence-corrected chi connectivity index (χ1v) is 8.49. The van der Waals surface area contributed by atoms with Crippen molar-refractivity contribution in [3.05, 3.63) is 82.8 Å². The highest BCUT2D eigenvalue weighted by Gasteiger charge is 2.26. The largest absolute Gasteiger partial charge is 0.385 e. The Labute approximate surface area is 141 Å². The summed E-state index contributed by atoms with van der Waals surface area (Å²) in [6.45, 7) is 0. The molecule has 0 fully saturated rings. The van der Waals surface area contributed by atoms with Gasteiger partial charge in [0.2, 0.25) is 0 Å². The monoisotopic (exact) mass is 321 g/mol. The van der Waals surface area contributed by atoms with E-state index in [0.29, 0.717) is 12.5 Å². The Hall–Kier alpha value is -2.42. The molecule has 0 heterocycles. The molecular formula is C21H20FNO. The highest BCUT2D eigenvalue weighted by molar-refractivity contribution is 5.92. The predicted octanol–water partition coefficient (Wildman–Crippen LogP) is 3.91. The second kappa shape index (κ2) is 6.23. The number of hydrogen-bond acceptors (Lipinski definition) is 2. The normalized spacial score (nSPS) is 20.6. The topological polar surface area (TPSA) is 29.1 Å². The number of fused-ring (bicyclic) bond motifs is 1. The van der Waals surface area contributed by atoms with Crippen molar-refractivity contribution in [2.45, 2.75) is 37.6 Å². The molecule has 0 amide bonds. The van der Waals surface area contributed by atoms with Crippen LogP contribution in [0.25, 0.3) is 0 Å². The van der Waals surface area contributed by atoms with E-state index in [-0.39, 0.29) is 17.5 Å². The van der Waals surface area contributed by atoms with Crippen LogP contribution >= 0.6 is 0 Å². The summed E-state index contributed by atoms with van der Waals surface area (Å²) in [5.41, 5.74) is 4.84. The zero-order chi connectivity index (χ0) is 16.5. The van der Waals surface area contributed by atoms with Crippen LogP contribution in [0.4, 0.5) is 4.39 Å². The molecule has 0 saturated carbocycles. The molecule has 0 aromatic heterocycles. The van der Waals surface area contributed by atoms with E-state index >= 15 is 0 Å². The first kappa shape index (κ1) is 15.1. The molecule has 0 saturated heterocycles. The lowest BCUT2D eigenvalue weighted by Crippen LogP contribution is -2.32. The zero-order valence-corrected chi connectivity index (χ0v) is 13.5. The third-order valence-corrected chi connectivity index (χ3v) is 5.03. The zero-order valence-electron chi connectivity index (χ0n) is 13.5. The summed E-state index contributed by atoms with van der Waals surface area (Å²) in [6.07, 6.45) is 5.07. The van der Waals surface area contributed by atoms with Crippen LogP contribution < -0.4 is 5.32 Å². The van der Waals surface area contributed by atoms with E-state index in [0.717, 1.165) is 30.5 Å². The van der Waals surface area contributed by atoms with Gasteiger partial charge in [0, 0.05) is 24.2 Å². The maximum Gasteiger partial charge on any atom is 0.158 e. The minimum atomic E-state index is -0.238. The Morgan fingerprint density at radius 1 is 0.875 bits per heavy atom. The molecule has 0 spiro atoms. The fourth-order valence-electron chi connectivity index (χ4n) is 3.89. The molecule has 24 heavy (non-hydrogen) atoms. The lowest BCUT2D eigenvalue weighted by Gasteiger charge is -2.25. The van der Waals surface area contributed by atoms with Gasteiger partial charge >= 0.3 is 0 Å². The Kier molecular flexibility index (Phi) is 3.93. The van der Waals surface area contributed by atoms with Gasteiger partial charge in [-0.1, -0.05) is 36.4 Å². The summed E-state index contributed by atoms with van der Waals surface area (Å²) in [6, 6.07) is 15.4. The fraction of sp³-hybridized carbons (Fsp3) is 0.286. The minimum absolute atomic E-state index is 0.134. The SMILES string of the molecule is O=C1C=C(NC2Cc3ccccc3C2)C[C@@H](c2ccc(F)cc2)C1. The molecule has 2 nitrogen and oxygen atoms in total. The van der Waals surface area contributed by atoms with Gasteiger partial charge in [-0.05, 0) is 54.0 Å². The van der Waals surface area contributed by atoms with Crippen molar-refractivity contribution in [3.8, 4) is 0 Å². The van der Waals surface area contributed by atoms with Crippen molar-refractivity contribution in [1.29, 1.82) is 0 Å². The number of benzene rings is 2. The van der Waals surface area contributed by atoms with Gasteiger partial charge in [0.1, 0.15) is 5.82 Å². The summed E-state index contributed by atoms with van der Waals surface area (Å²) in [5.74, 6) is 0.0430. The predicted molar refractivity (Wildman–Crippen MR) is 92.2 cm³/mol. The van der Waals surface area contributed by atoms with Crippen LogP contribution in [-0.2, 0) is 17.6 Å². The van der Waals surface area contributed by atoms with E-state index in [2.05, 4.69) is 29.6 Å². The smallest absolute Gasteiger partial charge is 0.158 e. The molecule has 2 aromatic rings. The van der Waals surface area contributed by atoms with Gasteiger partial charge in [-0.25, -0.2) is 4.39 Å². The third-order valence-electron chi connectivity index (χ3n) is 5.03. The highest BCUT2D eigenvalue weighted by atomic mass is 19.1. The maximum absolute atomic E-state index is 13.1. The Morgan fingerprint density at radius 3 is 2.21 bits per heavy atom. The maximum atomic E-state index is 13.1. The standard InChI is InChI=1S/C21H20FNO/c22-18-7-5-14(6-8-18)17-11-20(13-21(24)12-17)23-19-9-15-3-1-2-4-16(15)10-19/h1-8,13,17,19,23H,9-12H2/t17-/m1/s1. The van der Waals surface area contributed by atoms with Crippen LogP contribution in [-0.4, -0.2) is 11.8 Å². The highest BCUT2D eigenvalue weighted by Crippen LogP contribution is 2.32. The fourth-order valence-corrected chi connectivity index (χ4v) is 3.89. The van der Waals surface area contributed by atoms with Crippen LogP contribution in [0.2, 0.25) is 0 Å². The van der Waals surface area contributed by atoms with Crippen LogP contribution in [0.3, 0.4) is 0 Å². The molecule has 3 heteroatoms. The van der Waals surface area contributed by atoms with Gasteiger partial charge in [0.05, 0.1) is 0 Å². The summed E-state index contributed by atoms with van der Waals surface area (Å²) < 4.78 is 13.1. The van der Waals surface area contributed by atoms with Crippen molar-refractivity contribution >= 4 is 5.78 Å². The number of carbonyl (C=O) groups is 1. The molecular weight excluding hydrogens is 301 g/mol. The molecule has 0 radical (unpaired) electrons. The summed E-state index contributed by atoms with van der Waals surface area (Å²) in [7, 11) is 0. The van der Waals surface area contributed by atoms with Gasteiger partial charge in [-0.2, -0.15) is 0 Å². The Balaban J connectivity index is 1.46. The molecule has 2 aliphatic carbocycles. The molecule has 0 aliphatic heterocycles. The number of nitrogens with one attached hydrogen (secondary N) is 1. The number of hydrogen-bond donors (Lipinski definition) is 1. The summed E-state index contributed by atoms with van der Waals surface area (Å²) in [5, 5.41) is 3.57. The van der Waals surface area contributed by atoms with Gasteiger partial charge in [0.25, 0.3) is 0 Å². The molecule has 0 unspecified atom stereocenters. The summed E-state index contributed by atoms with van der Waals surface area (Å²) in [4.78, 5) is 12.1. The van der Waals surface area contributed by atoms with Crippen LogP contribution in [0.5, 0.6) is 0 Å². The lowest BCUT2D eigenvalue weighted by molar-refractivity contribution is -0.115. The number of halogens is 1. The van der Waals surface area contributed by atoms with Crippen molar-refractivity contribution in [2.24, 2.45) is 0 Å². The first-order chi connectivity index (χ1) is 11.7. The quantitative estimate of drug-likeness (QED) is 0.928. The van der Waals surface area contributed by atoms with E-state index < -0.39 is 0 Å². The summed E-state index contributed by atoms with van der Waals surface area (Å²) >= 11 is 0. The second-order valence-electron chi connectivity index (χ2n) is 6.81. The average molecular weight is 321 g/mol. The lowest BCUT2D eigenvalue weighted by atomic mass is 9.85. The molecule has 1 atom stereocenters. The molecule has 122 valence electrons. The van der Waals surface area contributed by atoms with Gasteiger partial charge in [-0.3, -0.25) is 4.79 Å². The molecule has 2 aromatic carbocycles. The van der Waals surface area contributed by atoms with E-state index in [9.17, 15) is 9.18 Å². The number of carbonyl (C=O) groups excluding carboxylic acids is 1. The van der Waals surface area contributed by atoms with Gasteiger partial charge < -0.3 is 5.32 Å². The minimum Gasteiger partial charge on any atom is -0.385 e. The van der Waals surface area contributed by atoms with Crippen molar-refractivity contribution in [2.75, 3.05) is 0 Å². The number of allylic oxidation sites excluding steroid dienone is 2. The third kappa shape index (κ3) is 3.12. The van der Waals surface area contributed by atoms with Crippen molar-refractivity contribution in [3.63, 3.8) is 0 Å². The van der Waals surface area contributed by atoms with E-state index in [1.165, 1.54) is 23.3 Å². The van der Waals surface area contributed by atoms with E-state index in [1.54, 1.807) is 18.2 Å². The molecule has 0 bridgehead atoms. The Bertz CT molecular complexity index is 769. The van der Waals surface area contributed by atoms with Crippen LogP contribution in [0.1, 0.15) is 35.4 Å². The van der Waals surface area contributed by atoms with Crippen LogP contribution in [0.15, 0.2) is 60.3 Å². The van der Waals surface area contributed by atoms with E-state index in [1.807, 2.05) is 0 Å². The number of ketones is 1. The van der Waals surface area contributed by atoms with Crippen molar-refractivity contribution < 1.29 is 9.18 Å². The number of rotatable bonds is 3.